The van der Waals surface area contributed by atoms with Gasteiger partial charge in [0.05, 0.1) is 0 Å². The Bertz CT molecular complexity index is 1070. The molecule has 2 fully saturated rings. The van der Waals surface area contributed by atoms with Gasteiger partial charge in [-0.25, -0.2) is 9.59 Å². The van der Waals surface area contributed by atoms with Gasteiger partial charge in [0.1, 0.15) is 12.1 Å². The van der Waals surface area contributed by atoms with Gasteiger partial charge in [0, 0.05) is 18.9 Å². The predicted molar refractivity (Wildman–Crippen MR) is 131 cm³/mol. The molecule has 0 aromatic heterocycles. The standard InChI is InChI=1S/C28H32N2O5/c31-25(30-28(26(32)33)11-5-6-12-28)15-18-13-19(14-18)16-29-27(34)35-17-24-22-9-3-1-7-20(22)21-8-2-4-10-23(21)24/h1-4,7-10,18-19,24H,5-6,11-17H2,(H,29,34)(H,30,31)(H,32,33). The Morgan fingerprint density at radius 3 is 2.11 bits per heavy atom. The SMILES string of the molecule is O=C(CC1CC(CNC(=O)OCC2c3ccccc3-c3ccccc32)C1)NC1(C(=O)O)CCCC1. The van der Waals surface area contributed by atoms with Gasteiger partial charge in [-0.2, -0.15) is 0 Å². The summed E-state index contributed by atoms with van der Waals surface area (Å²) < 4.78 is 5.59. The second-order valence-electron chi connectivity index (χ2n) is 10.3. The van der Waals surface area contributed by atoms with Gasteiger partial charge < -0.3 is 20.5 Å². The van der Waals surface area contributed by atoms with Crippen LogP contribution in [0.4, 0.5) is 4.79 Å². The maximum Gasteiger partial charge on any atom is 0.407 e. The lowest BCUT2D eigenvalue weighted by Gasteiger charge is -2.36. The van der Waals surface area contributed by atoms with Crippen LogP contribution in [-0.4, -0.2) is 41.8 Å². The first kappa shape index (κ1) is 23.4. The number of ether oxygens (including phenoxy) is 1. The largest absolute Gasteiger partial charge is 0.480 e. The number of fused-ring (bicyclic) bond motifs is 3. The van der Waals surface area contributed by atoms with Crippen LogP contribution in [0.5, 0.6) is 0 Å². The normalized spacial score (nSPS) is 21.9. The zero-order valence-electron chi connectivity index (χ0n) is 19.8. The molecule has 2 aromatic carbocycles. The first-order valence-electron chi connectivity index (χ1n) is 12.6. The molecule has 2 saturated carbocycles. The molecule has 5 rings (SSSR count). The molecule has 3 aliphatic carbocycles. The number of hydrogen-bond acceptors (Lipinski definition) is 4. The van der Waals surface area contributed by atoms with Crippen LogP contribution in [0.25, 0.3) is 11.1 Å². The van der Waals surface area contributed by atoms with Crippen LogP contribution in [-0.2, 0) is 14.3 Å². The Balaban J connectivity index is 1.04. The number of carboxylic acids is 1. The molecule has 7 heteroatoms. The Kier molecular flexibility index (Phi) is 6.50. The topological polar surface area (TPSA) is 105 Å². The van der Waals surface area contributed by atoms with Gasteiger partial charge in [0.2, 0.25) is 5.91 Å². The van der Waals surface area contributed by atoms with E-state index in [0.29, 0.717) is 38.3 Å². The highest BCUT2D eigenvalue weighted by Gasteiger charge is 2.43. The fraction of sp³-hybridized carbons (Fsp3) is 0.464. The number of rotatable bonds is 8. The molecule has 7 nitrogen and oxygen atoms in total. The third-order valence-electron chi connectivity index (χ3n) is 7.93. The molecule has 0 bridgehead atoms. The molecule has 3 aliphatic rings. The summed E-state index contributed by atoms with van der Waals surface area (Å²) in [5.74, 6) is -0.525. The molecular formula is C28H32N2O5. The first-order chi connectivity index (χ1) is 16.9. The van der Waals surface area contributed by atoms with Gasteiger partial charge in [-0.05, 0) is 59.8 Å². The minimum Gasteiger partial charge on any atom is -0.480 e. The molecule has 0 heterocycles. The Morgan fingerprint density at radius 2 is 1.51 bits per heavy atom. The molecule has 0 saturated heterocycles. The average Bonchev–Trinajstić information content (AvgIpc) is 3.43. The van der Waals surface area contributed by atoms with E-state index in [-0.39, 0.29) is 17.7 Å². The summed E-state index contributed by atoms with van der Waals surface area (Å²) in [6.07, 6.45) is 4.29. The van der Waals surface area contributed by atoms with Crippen molar-refractivity contribution in [1.29, 1.82) is 0 Å². The Morgan fingerprint density at radius 1 is 0.914 bits per heavy atom. The number of hydrogen-bond donors (Lipinski definition) is 3. The Labute approximate surface area is 205 Å². The van der Waals surface area contributed by atoms with Crippen LogP contribution in [0.2, 0.25) is 0 Å². The molecule has 0 atom stereocenters. The minimum absolute atomic E-state index is 0.0358. The molecule has 3 N–H and O–H groups in total. The summed E-state index contributed by atoms with van der Waals surface area (Å²) in [7, 11) is 0. The fourth-order valence-electron chi connectivity index (χ4n) is 6.04. The van der Waals surface area contributed by atoms with Crippen molar-refractivity contribution in [3.8, 4) is 11.1 Å². The van der Waals surface area contributed by atoms with E-state index in [1.165, 1.54) is 22.3 Å². The van der Waals surface area contributed by atoms with E-state index in [4.69, 9.17) is 4.74 Å². The Hall–Kier alpha value is -3.35. The van der Waals surface area contributed by atoms with E-state index in [0.717, 1.165) is 25.7 Å². The number of alkyl carbamates (subject to hydrolysis) is 1. The van der Waals surface area contributed by atoms with Gasteiger partial charge in [0.25, 0.3) is 0 Å². The number of amides is 2. The van der Waals surface area contributed by atoms with Crippen LogP contribution in [0.3, 0.4) is 0 Å². The van der Waals surface area contributed by atoms with Crippen LogP contribution in [0, 0.1) is 11.8 Å². The highest BCUT2D eigenvalue weighted by molar-refractivity contribution is 5.87. The van der Waals surface area contributed by atoms with E-state index in [2.05, 4.69) is 34.9 Å². The van der Waals surface area contributed by atoms with E-state index < -0.39 is 17.6 Å². The van der Waals surface area contributed by atoms with Gasteiger partial charge >= 0.3 is 12.1 Å². The van der Waals surface area contributed by atoms with E-state index >= 15 is 0 Å². The van der Waals surface area contributed by atoms with E-state index in [1.807, 2.05) is 24.3 Å². The number of aliphatic carboxylic acids is 1. The molecule has 0 radical (unpaired) electrons. The lowest BCUT2D eigenvalue weighted by molar-refractivity contribution is -0.147. The number of carboxylic acid groups (broad SMARTS) is 1. The lowest BCUT2D eigenvalue weighted by atomic mass is 9.73. The van der Waals surface area contributed by atoms with Crippen molar-refractivity contribution in [3.63, 3.8) is 0 Å². The smallest absolute Gasteiger partial charge is 0.407 e. The van der Waals surface area contributed by atoms with Crippen molar-refractivity contribution in [1.82, 2.24) is 10.6 Å². The van der Waals surface area contributed by atoms with Crippen molar-refractivity contribution in [2.75, 3.05) is 13.2 Å². The molecule has 35 heavy (non-hydrogen) atoms. The molecule has 0 aliphatic heterocycles. The number of nitrogens with one attached hydrogen (secondary N) is 2. The molecule has 2 amide bonds. The van der Waals surface area contributed by atoms with Crippen LogP contribution in [0.15, 0.2) is 48.5 Å². The number of benzene rings is 2. The summed E-state index contributed by atoms with van der Waals surface area (Å²) in [5, 5.41) is 15.2. The molecule has 0 unspecified atom stereocenters. The predicted octanol–water partition coefficient (Wildman–Crippen LogP) is 4.46. The summed E-state index contributed by atoms with van der Waals surface area (Å²) in [6, 6.07) is 16.5. The summed E-state index contributed by atoms with van der Waals surface area (Å²) in [4.78, 5) is 36.4. The monoisotopic (exact) mass is 476 g/mol. The van der Waals surface area contributed by atoms with Gasteiger partial charge in [-0.15, -0.1) is 0 Å². The van der Waals surface area contributed by atoms with Gasteiger partial charge in [-0.1, -0.05) is 61.4 Å². The highest BCUT2D eigenvalue weighted by atomic mass is 16.5. The summed E-state index contributed by atoms with van der Waals surface area (Å²) in [5.41, 5.74) is 3.69. The van der Waals surface area contributed by atoms with Crippen molar-refractivity contribution in [2.45, 2.75) is 56.4 Å². The van der Waals surface area contributed by atoms with Gasteiger partial charge in [0.15, 0.2) is 0 Å². The third-order valence-corrected chi connectivity index (χ3v) is 7.93. The van der Waals surface area contributed by atoms with Crippen molar-refractivity contribution in [3.05, 3.63) is 59.7 Å². The summed E-state index contributed by atoms with van der Waals surface area (Å²) in [6.45, 7) is 0.812. The third kappa shape index (κ3) is 4.77. The van der Waals surface area contributed by atoms with E-state index in [9.17, 15) is 19.5 Å². The molecule has 184 valence electrons. The maximum atomic E-state index is 12.4. The van der Waals surface area contributed by atoms with E-state index in [1.54, 1.807) is 0 Å². The molecular weight excluding hydrogens is 444 g/mol. The quantitative estimate of drug-likeness (QED) is 0.522. The van der Waals surface area contributed by atoms with Crippen molar-refractivity contribution in [2.24, 2.45) is 11.8 Å². The zero-order valence-corrected chi connectivity index (χ0v) is 19.8. The number of carbonyl (C=O) groups is 3. The van der Waals surface area contributed by atoms with Crippen LogP contribution < -0.4 is 10.6 Å². The zero-order chi connectivity index (χ0) is 24.4. The van der Waals surface area contributed by atoms with Crippen LogP contribution >= 0.6 is 0 Å². The number of carbonyl (C=O) groups excluding carboxylic acids is 2. The lowest BCUT2D eigenvalue weighted by Crippen LogP contribution is -2.53. The van der Waals surface area contributed by atoms with Crippen LogP contribution in [0.1, 0.15) is 62.0 Å². The minimum atomic E-state index is -1.08. The summed E-state index contributed by atoms with van der Waals surface area (Å²) >= 11 is 0. The first-order valence-corrected chi connectivity index (χ1v) is 12.6. The fourth-order valence-corrected chi connectivity index (χ4v) is 6.04. The maximum absolute atomic E-state index is 12.4. The molecule has 0 spiro atoms. The second kappa shape index (κ2) is 9.72. The van der Waals surface area contributed by atoms with Crippen molar-refractivity contribution >= 4 is 18.0 Å². The second-order valence-corrected chi connectivity index (χ2v) is 10.3. The van der Waals surface area contributed by atoms with Crippen molar-refractivity contribution < 1.29 is 24.2 Å². The molecule has 2 aromatic rings. The average molecular weight is 477 g/mol. The van der Waals surface area contributed by atoms with Gasteiger partial charge in [-0.3, -0.25) is 4.79 Å². The highest BCUT2D eigenvalue weighted by Crippen LogP contribution is 2.44.